The highest BCUT2D eigenvalue weighted by molar-refractivity contribution is 5.92. The standard InChI is InChI=1S/C19H24N2O2/c1-20(14-18(22)16-9-10-16)19(23)17-8-5-12-21(17)13-11-15-6-3-2-4-7-15/h2-8,12,16,18,22H,9-11,13-14H2,1H3. The molecule has 1 unspecified atom stereocenters. The second-order valence-electron chi connectivity index (χ2n) is 6.41. The predicted octanol–water partition coefficient (Wildman–Crippen LogP) is 2.57. The molecule has 0 bridgehead atoms. The monoisotopic (exact) mass is 312 g/mol. The maximum atomic E-state index is 12.6. The van der Waals surface area contributed by atoms with Gasteiger partial charge in [-0.25, -0.2) is 0 Å². The molecule has 1 fully saturated rings. The van der Waals surface area contributed by atoms with E-state index in [-0.39, 0.29) is 5.91 Å². The summed E-state index contributed by atoms with van der Waals surface area (Å²) in [6.45, 7) is 1.18. The molecule has 122 valence electrons. The lowest BCUT2D eigenvalue weighted by Gasteiger charge is -2.21. The van der Waals surface area contributed by atoms with Gasteiger partial charge in [0.05, 0.1) is 6.10 Å². The molecule has 1 amide bonds. The van der Waals surface area contributed by atoms with Crippen molar-refractivity contribution >= 4 is 5.91 Å². The molecule has 0 spiro atoms. The summed E-state index contributed by atoms with van der Waals surface area (Å²) in [7, 11) is 1.77. The van der Waals surface area contributed by atoms with E-state index in [9.17, 15) is 9.90 Å². The zero-order valence-corrected chi connectivity index (χ0v) is 13.6. The van der Waals surface area contributed by atoms with Crippen LogP contribution >= 0.6 is 0 Å². The molecule has 0 aliphatic heterocycles. The summed E-state index contributed by atoms with van der Waals surface area (Å²) in [5.74, 6) is 0.359. The molecular weight excluding hydrogens is 288 g/mol. The molecule has 1 atom stereocenters. The van der Waals surface area contributed by atoms with E-state index in [4.69, 9.17) is 0 Å². The largest absolute Gasteiger partial charge is 0.391 e. The van der Waals surface area contributed by atoms with E-state index in [2.05, 4.69) is 12.1 Å². The Kier molecular flexibility index (Phi) is 4.82. The lowest BCUT2D eigenvalue weighted by atomic mass is 10.1. The summed E-state index contributed by atoms with van der Waals surface area (Å²) >= 11 is 0. The second-order valence-corrected chi connectivity index (χ2v) is 6.41. The molecular formula is C19H24N2O2. The SMILES string of the molecule is CN(CC(O)C1CC1)C(=O)c1cccn1CCc1ccccc1. The third kappa shape index (κ3) is 4.02. The number of benzene rings is 1. The summed E-state index contributed by atoms with van der Waals surface area (Å²) in [5.41, 5.74) is 1.95. The minimum atomic E-state index is -0.392. The molecule has 23 heavy (non-hydrogen) atoms. The summed E-state index contributed by atoms with van der Waals surface area (Å²) < 4.78 is 2.00. The van der Waals surface area contributed by atoms with Crippen molar-refractivity contribution < 1.29 is 9.90 Å². The fourth-order valence-corrected chi connectivity index (χ4v) is 2.89. The molecule has 2 aromatic rings. The van der Waals surface area contributed by atoms with Gasteiger partial charge < -0.3 is 14.6 Å². The van der Waals surface area contributed by atoms with Crippen molar-refractivity contribution in [1.82, 2.24) is 9.47 Å². The topological polar surface area (TPSA) is 45.5 Å². The zero-order valence-electron chi connectivity index (χ0n) is 13.6. The fraction of sp³-hybridized carbons (Fsp3) is 0.421. The van der Waals surface area contributed by atoms with Gasteiger partial charge in [0.15, 0.2) is 0 Å². The lowest BCUT2D eigenvalue weighted by molar-refractivity contribution is 0.0636. The molecule has 1 N–H and O–H groups in total. The van der Waals surface area contributed by atoms with Gasteiger partial charge in [-0.05, 0) is 42.9 Å². The quantitative estimate of drug-likeness (QED) is 0.854. The summed E-state index contributed by atoms with van der Waals surface area (Å²) in [6, 6.07) is 14.0. The highest BCUT2D eigenvalue weighted by atomic mass is 16.3. The number of aromatic nitrogens is 1. The Morgan fingerprint density at radius 3 is 2.70 bits per heavy atom. The Balaban J connectivity index is 1.61. The van der Waals surface area contributed by atoms with E-state index < -0.39 is 6.10 Å². The van der Waals surface area contributed by atoms with Crippen LogP contribution in [0.1, 0.15) is 28.9 Å². The van der Waals surface area contributed by atoms with E-state index in [1.165, 1.54) is 5.56 Å². The van der Waals surface area contributed by atoms with Crippen molar-refractivity contribution in [2.24, 2.45) is 5.92 Å². The van der Waals surface area contributed by atoms with Crippen LogP contribution in [0, 0.1) is 5.92 Å². The number of carbonyl (C=O) groups excluding carboxylic acids is 1. The van der Waals surface area contributed by atoms with Crippen LogP contribution in [0.3, 0.4) is 0 Å². The Hall–Kier alpha value is -2.07. The van der Waals surface area contributed by atoms with Crippen LogP contribution in [-0.2, 0) is 13.0 Å². The zero-order chi connectivity index (χ0) is 16.2. The van der Waals surface area contributed by atoms with Crippen LogP contribution in [0.4, 0.5) is 0 Å². The first-order chi connectivity index (χ1) is 11.1. The maximum absolute atomic E-state index is 12.6. The van der Waals surface area contributed by atoms with Crippen LogP contribution in [0.25, 0.3) is 0 Å². The van der Waals surface area contributed by atoms with Gasteiger partial charge in [-0.2, -0.15) is 0 Å². The molecule has 1 saturated carbocycles. The first kappa shape index (κ1) is 15.8. The number of aliphatic hydroxyl groups excluding tert-OH is 1. The van der Waals surface area contributed by atoms with E-state index in [1.54, 1.807) is 11.9 Å². The van der Waals surface area contributed by atoms with E-state index >= 15 is 0 Å². The predicted molar refractivity (Wildman–Crippen MR) is 90.3 cm³/mol. The Morgan fingerprint density at radius 1 is 1.26 bits per heavy atom. The van der Waals surface area contributed by atoms with E-state index in [0.29, 0.717) is 18.2 Å². The van der Waals surface area contributed by atoms with Crippen molar-refractivity contribution in [1.29, 1.82) is 0 Å². The van der Waals surface area contributed by atoms with Crippen LogP contribution in [0.5, 0.6) is 0 Å². The van der Waals surface area contributed by atoms with Crippen molar-refractivity contribution in [3.8, 4) is 0 Å². The Bertz CT molecular complexity index is 646. The first-order valence-electron chi connectivity index (χ1n) is 8.28. The van der Waals surface area contributed by atoms with E-state index in [0.717, 1.165) is 25.8 Å². The maximum Gasteiger partial charge on any atom is 0.270 e. The second kappa shape index (κ2) is 7.01. The number of aliphatic hydroxyl groups is 1. The van der Waals surface area contributed by atoms with E-state index in [1.807, 2.05) is 41.1 Å². The number of hydrogen-bond donors (Lipinski definition) is 1. The van der Waals surface area contributed by atoms with Gasteiger partial charge >= 0.3 is 0 Å². The Morgan fingerprint density at radius 2 is 2.00 bits per heavy atom. The minimum absolute atomic E-state index is 0.0252. The number of likely N-dealkylation sites (N-methyl/N-ethyl adjacent to an activating group) is 1. The highest BCUT2D eigenvalue weighted by Crippen LogP contribution is 2.32. The van der Waals surface area contributed by atoms with Gasteiger partial charge in [0.25, 0.3) is 5.91 Å². The summed E-state index contributed by atoms with van der Waals surface area (Å²) in [4.78, 5) is 14.2. The molecule has 1 aromatic heterocycles. The van der Waals surface area contributed by atoms with Crippen molar-refractivity contribution in [2.45, 2.75) is 31.9 Å². The lowest BCUT2D eigenvalue weighted by Crippen LogP contribution is -2.36. The average molecular weight is 312 g/mol. The molecule has 0 radical (unpaired) electrons. The van der Waals surface area contributed by atoms with Crippen molar-refractivity contribution in [3.63, 3.8) is 0 Å². The molecule has 4 heteroatoms. The number of carbonyl (C=O) groups is 1. The number of amides is 1. The molecule has 1 heterocycles. The highest BCUT2D eigenvalue weighted by Gasteiger charge is 2.31. The molecule has 3 rings (SSSR count). The van der Waals surface area contributed by atoms with Gasteiger partial charge in [0.1, 0.15) is 5.69 Å². The normalized spacial score (nSPS) is 15.4. The smallest absolute Gasteiger partial charge is 0.270 e. The molecule has 1 aliphatic carbocycles. The summed E-state index contributed by atoms with van der Waals surface area (Å²) in [6.07, 6.45) is 4.61. The van der Waals surface area contributed by atoms with Crippen molar-refractivity contribution in [3.05, 3.63) is 59.9 Å². The number of nitrogens with zero attached hydrogens (tertiary/aromatic N) is 2. The molecule has 0 saturated heterocycles. The van der Waals surface area contributed by atoms with Gasteiger partial charge in [0, 0.05) is 26.3 Å². The van der Waals surface area contributed by atoms with Crippen LogP contribution in [0.15, 0.2) is 48.7 Å². The van der Waals surface area contributed by atoms with Gasteiger partial charge in [-0.3, -0.25) is 4.79 Å². The number of rotatable bonds is 7. The molecule has 4 nitrogen and oxygen atoms in total. The van der Waals surface area contributed by atoms with Crippen molar-refractivity contribution in [2.75, 3.05) is 13.6 Å². The third-order valence-corrected chi connectivity index (χ3v) is 4.51. The van der Waals surface area contributed by atoms with Crippen LogP contribution < -0.4 is 0 Å². The average Bonchev–Trinajstić information content (AvgIpc) is 3.32. The molecule has 1 aliphatic rings. The third-order valence-electron chi connectivity index (χ3n) is 4.51. The number of aryl methyl sites for hydroxylation is 2. The number of hydrogen-bond acceptors (Lipinski definition) is 2. The Labute approximate surface area is 137 Å². The molecule has 1 aromatic carbocycles. The van der Waals surface area contributed by atoms with Gasteiger partial charge in [-0.1, -0.05) is 30.3 Å². The fourth-order valence-electron chi connectivity index (χ4n) is 2.89. The first-order valence-corrected chi connectivity index (χ1v) is 8.28. The minimum Gasteiger partial charge on any atom is -0.391 e. The van der Waals surface area contributed by atoms with Crippen LogP contribution in [-0.4, -0.2) is 40.2 Å². The van der Waals surface area contributed by atoms with Crippen LogP contribution in [0.2, 0.25) is 0 Å². The van der Waals surface area contributed by atoms with Gasteiger partial charge in [0.2, 0.25) is 0 Å². The summed E-state index contributed by atoms with van der Waals surface area (Å²) in [5, 5.41) is 10.0. The van der Waals surface area contributed by atoms with Gasteiger partial charge in [-0.15, -0.1) is 0 Å².